The van der Waals surface area contributed by atoms with E-state index in [2.05, 4.69) is 33.0 Å². The molecule has 0 aromatic heterocycles. The Balaban J connectivity index is 2.00. The third-order valence-corrected chi connectivity index (χ3v) is 4.95. The highest BCUT2D eigenvalue weighted by Gasteiger charge is 2.64. The minimum atomic E-state index is -0.273. The Morgan fingerprint density at radius 1 is 1.11 bits per heavy atom. The molecule has 1 aliphatic carbocycles. The van der Waals surface area contributed by atoms with Crippen LogP contribution in [0.25, 0.3) is 0 Å². The second-order valence-electron chi connectivity index (χ2n) is 6.44. The largest absolute Gasteiger partial charge is 0.508 e. The summed E-state index contributed by atoms with van der Waals surface area (Å²) in [6.07, 6.45) is 0. The molecule has 0 bridgehead atoms. The van der Waals surface area contributed by atoms with Crippen LogP contribution in [0.1, 0.15) is 38.1 Å². The van der Waals surface area contributed by atoms with E-state index in [0.717, 1.165) is 0 Å². The zero-order chi connectivity index (χ0) is 14.4. The van der Waals surface area contributed by atoms with E-state index in [1.807, 2.05) is 0 Å². The lowest BCUT2D eigenvalue weighted by atomic mass is 10.0. The van der Waals surface area contributed by atoms with Crippen LogP contribution < -0.4 is 5.32 Å². The molecule has 0 heterocycles. The maximum absolute atomic E-state index is 12.0. The van der Waals surface area contributed by atoms with Crippen molar-refractivity contribution in [1.29, 1.82) is 0 Å². The molecule has 0 aliphatic heterocycles. The summed E-state index contributed by atoms with van der Waals surface area (Å²) in [5.41, 5.74) is 0.719. The molecule has 19 heavy (non-hydrogen) atoms. The quantitative estimate of drug-likeness (QED) is 0.784. The molecule has 0 unspecified atom stereocenters. The van der Waals surface area contributed by atoms with Gasteiger partial charge < -0.3 is 15.5 Å². The van der Waals surface area contributed by atoms with E-state index in [4.69, 9.17) is 0 Å². The highest BCUT2D eigenvalue weighted by molar-refractivity contribution is 5.95. The summed E-state index contributed by atoms with van der Waals surface area (Å²) in [5.74, 6) is -0.0611. The number of hydrogen-bond donors (Lipinski definition) is 3. The van der Waals surface area contributed by atoms with Gasteiger partial charge in [0.1, 0.15) is 11.5 Å². The first kappa shape index (κ1) is 13.7. The van der Waals surface area contributed by atoms with Crippen molar-refractivity contribution in [3.05, 3.63) is 23.8 Å². The van der Waals surface area contributed by atoms with Crippen LogP contribution in [0.2, 0.25) is 0 Å². The molecule has 3 N–H and O–H groups in total. The van der Waals surface area contributed by atoms with Gasteiger partial charge >= 0.3 is 0 Å². The molecule has 1 saturated carbocycles. The molecule has 4 heteroatoms. The SMILES string of the molecule is CC1(C)C(CNC(=O)c2cc(O)cc(O)c2)C1(C)C. The Morgan fingerprint density at radius 2 is 1.58 bits per heavy atom. The van der Waals surface area contributed by atoms with Gasteiger partial charge in [-0.2, -0.15) is 0 Å². The molecular formula is C15H21NO3. The van der Waals surface area contributed by atoms with Gasteiger partial charge in [0.15, 0.2) is 0 Å². The molecule has 1 aromatic rings. The monoisotopic (exact) mass is 263 g/mol. The average Bonchev–Trinajstić information content (AvgIpc) is 2.65. The van der Waals surface area contributed by atoms with E-state index >= 15 is 0 Å². The van der Waals surface area contributed by atoms with Crippen LogP contribution in [0.15, 0.2) is 18.2 Å². The molecule has 0 spiro atoms. The first-order valence-corrected chi connectivity index (χ1v) is 6.47. The average molecular weight is 263 g/mol. The van der Waals surface area contributed by atoms with Gasteiger partial charge in [-0.05, 0) is 28.9 Å². The smallest absolute Gasteiger partial charge is 0.251 e. The van der Waals surface area contributed by atoms with Gasteiger partial charge in [-0.1, -0.05) is 27.7 Å². The van der Waals surface area contributed by atoms with Crippen molar-refractivity contribution in [2.24, 2.45) is 16.7 Å². The number of phenols is 2. The first-order chi connectivity index (χ1) is 8.66. The van der Waals surface area contributed by atoms with E-state index in [-0.39, 0.29) is 33.8 Å². The number of carbonyl (C=O) groups excluding carboxylic acids is 1. The summed E-state index contributed by atoms with van der Waals surface area (Å²) in [5, 5.41) is 21.6. The minimum Gasteiger partial charge on any atom is -0.508 e. The van der Waals surface area contributed by atoms with Gasteiger partial charge in [0.2, 0.25) is 0 Å². The predicted molar refractivity (Wildman–Crippen MR) is 73.2 cm³/mol. The number of hydrogen-bond acceptors (Lipinski definition) is 3. The third-order valence-electron chi connectivity index (χ3n) is 4.95. The fourth-order valence-corrected chi connectivity index (χ4v) is 2.87. The fraction of sp³-hybridized carbons (Fsp3) is 0.533. The van der Waals surface area contributed by atoms with Crippen LogP contribution in [0, 0.1) is 16.7 Å². The molecule has 0 atom stereocenters. The number of rotatable bonds is 3. The van der Waals surface area contributed by atoms with Crippen LogP contribution in [-0.4, -0.2) is 22.7 Å². The van der Waals surface area contributed by atoms with Gasteiger partial charge in [0, 0.05) is 18.2 Å². The topological polar surface area (TPSA) is 69.6 Å². The van der Waals surface area contributed by atoms with E-state index in [0.29, 0.717) is 12.5 Å². The number of carbonyl (C=O) groups is 1. The van der Waals surface area contributed by atoms with Crippen LogP contribution in [0.4, 0.5) is 0 Å². The number of aromatic hydroxyl groups is 2. The second kappa shape index (κ2) is 4.15. The molecule has 1 aromatic carbocycles. The Morgan fingerprint density at radius 3 is 2.00 bits per heavy atom. The van der Waals surface area contributed by atoms with Gasteiger partial charge in [0.25, 0.3) is 5.91 Å². The Hall–Kier alpha value is -1.71. The van der Waals surface area contributed by atoms with Crippen LogP contribution >= 0.6 is 0 Å². The summed E-state index contributed by atoms with van der Waals surface area (Å²) in [6.45, 7) is 9.40. The third kappa shape index (κ3) is 2.27. The zero-order valence-electron chi connectivity index (χ0n) is 11.8. The Labute approximate surface area is 113 Å². The predicted octanol–water partition coefficient (Wildman–Crippen LogP) is 2.51. The van der Waals surface area contributed by atoms with Crippen LogP contribution in [0.3, 0.4) is 0 Å². The normalized spacial score (nSPS) is 20.0. The molecule has 0 saturated heterocycles. The lowest BCUT2D eigenvalue weighted by Gasteiger charge is -2.07. The second-order valence-corrected chi connectivity index (χ2v) is 6.44. The zero-order valence-corrected chi connectivity index (χ0v) is 11.8. The van der Waals surface area contributed by atoms with Crippen molar-refractivity contribution in [1.82, 2.24) is 5.32 Å². The Bertz CT molecular complexity index is 486. The number of phenolic OH excluding ortho intramolecular Hbond substituents is 2. The lowest BCUT2D eigenvalue weighted by molar-refractivity contribution is 0.0949. The molecule has 2 rings (SSSR count). The van der Waals surface area contributed by atoms with E-state index in [9.17, 15) is 15.0 Å². The highest BCUT2D eigenvalue weighted by atomic mass is 16.3. The molecule has 0 radical (unpaired) electrons. The molecule has 104 valence electrons. The van der Waals surface area contributed by atoms with Gasteiger partial charge in [-0.3, -0.25) is 4.79 Å². The summed E-state index contributed by atoms with van der Waals surface area (Å²) >= 11 is 0. The summed E-state index contributed by atoms with van der Waals surface area (Å²) in [7, 11) is 0. The van der Waals surface area contributed by atoms with E-state index < -0.39 is 0 Å². The molecule has 4 nitrogen and oxygen atoms in total. The molecule has 1 fully saturated rings. The standard InChI is InChI=1S/C15H21NO3/c1-14(2)12(15(14,3)4)8-16-13(19)9-5-10(17)7-11(18)6-9/h5-7,12,17-18H,8H2,1-4H3,(H,16,19). The number of nitrogens with one attached hydrogen (secondary N) is 1. The number of benzene rings is 1. The van der Waals surface area contributed by atoms with Crippen molar-refractivity contribution >= 4 is 5.91 Å². The van der Waals surface area contributed by atoms with E-state index in [1.165, 1.54) is 18.2 Å². The van der Waals surface area contributed by atoms with Crippen molar-refractivity contribution in [3.8, 4) is 11.5 Å². The molecule has 1 aliphatic rings. The summed E-state index contributed by atoms with van der Waals surface area (Å²) in [6, 6.07) is 3.89. The molecular weight excluding hydrogens is 242 g/mol. The van der Waals surface area contributed by atoms with Crippen LogP contribution in [-0.2, 0) is 0 Å². The summed E-state index contributed by atoms with van der Waals surface area (Å²) < 4.78 is 0. The number of amides is 1. The maximum atomic E-state index is 12.0. The Kier molecular flexibility index (Phi) is 3.00. The summed E-state index contributed by atoms with van der Waals surface area (Å²) in [4.78, 5) is 12.0. The van der Waals surface area contributed by atoms with Gasteiger partial charge in [-0.15, -0.1) is 0 Å². The van der Waals surface area contributed by atoms with Crippen molar-refractivity contribution < 1.29 is 15.0 Å². The highest BCUT2D eigenvalue weighted by Crippen LogP contribution is 2.67. The lowest BCUT2D eigenvalue weighted by Crippen LogP contribution is -2.27. The molecule has 1 amide bonds. The van der Waals surface area contributed by atoms with E-state index in [1.54, 1.807) is 0 Å². The van der Waals surface area contributed by atoms with Crippen molar-refractivity contribution in [2.45, 2.75) is 27.7 Å². The van der Waals surface area contributed by atoms with Crippen molar-refractivity contribution in [3.63, 3.8) is 0 Å². The fourth-order valence-electron chi connectivity index (χ4n) is 2.87. The van der Waals surface area contributed by atoms with Gasteiger partial charge in [0.05, 0.1) is 0 Å². The maximum Gasteiger partial charge on any atom is 0.251 e. The minimum absolute atomic E-state index is 0.114. The van der Waals surface area contributed by atoms with Crippen molar-refractivity contribution in [2.75, 3.05) is 6.54 Å². The first-order valence-electron chi connectivity index (χ1n) is 6.47. The van der Waals surface area contributed by atoms with Gasteiger partial charge in [-0.25, -0.2) is 0 Å². The van der Waals surface area contributed by atoms with Crippen LogP contribution in [0.5, 0.6) is 11.5 Å².